The van der Waals surface area contributed by atoms with Gasteiger partial charge in [-0.25, -0.2) is 8.42 Å². The lowest BCUT2D eigenvalue weighted by Gasteiger charge is -2.34. The van der Waals surface area contributed by atoms with Gasteiger partial charge >= 0.3 is 0 Å². The Morgan fingerprint density at radius 3 is 2.31 bits per heavy atom. The van der Waals surface area contributed by atoms with Gasteiger partial charge in [0.05, 0.1) is 10.6 Å². The standard InChI is InChI=1S/C21H29N3O4S/c1-5-15(3)17-7-9-18(10-8-17)29(26,27)24-13-11-23(12-14-24)21(25)20-16(4)28-22-19(20)6-2/h7-10,15H,5-6,11-14H2,1-4H3. The van der Waals surface area contributed by atoms with E-state index in [1.54, 1.807) is 24.0 Å². The molecule has 1 amide bonds. The van der Waals surface area contributed by atoms with E-state index in [1.807, 2.05) is 19.1 Å². The zero-order valence-electron chi connectivity index (χ0n) is 17.5. The smallest absolute Gasteiger partial charge is 0.259 e. The Morgan fingerprint density at radius 1 is 1.14 bits per heavy atom. The summed E-state index contributed by atoms with van der Waals surface area (Å²) in [6, 6.07) is 7.15. The Hall–Kier alpha value is -2.19. The molecule has 0 radical (unpaired) electrons. The van der Waals surface area contributed by atoms with Gasteiger partial charge in [-0.05, 0) is 43.4 Å². The Bertz CT molecular complexity index is 958. The normalized spacial score (nSPS) is 16.8. The van der Waals surface area contributed by atoms with E-state index < -0.39 is 10.0 Å². The largest absolute Gasteiger partial charge is 0.361 e. The molecule has 0 spiro atoms. The number of hydrogen-bond donors (Lipinski definition) is 0. The molecule has 0 aliphatic carbocycles. The lowest BCUT2D eigenvalue weighted by atomic mass is 9.99. The van der Waals surface area contributed by atoms with E-state index in [4.69, 9.17) is 4.52 Å². The predicted octanol–water partition coefficient (Wildman–Crippen LogP) is 3.21. The summed E-state index contributed by atoms with van der Waals surface area (Å²) in [6.45, 7) is 9.11. The average molecular weight is 420 g/mol. The van der Waals surface area contributed by atoms with Gasteiger partial charge < -0.3 is 9.42 Å². The average Bonchev–Trinajstić information content (AvgIpc) is 3.13. The fourth-order valence-electron chi connectivity index (χ4n) is 3.58. The van der Waals surface area contributed by atoms with Crippen molar-refractivity contribution in [2.45, 2.75) is 51.3 Å². The molecule has 1 aromatic carbocycles. The molecule has 1 aliphatic heterocycles. The maximum Gasteiger partial charge on any atom is 0.259 e. The van der Waals surface area contributed by atoms with Crippen LogP contribution in [0, 0.1) is 6.92 Å². The van der Waals surface area contributed by atoms with E-state index in [9.17, 15) is 13.2 Å². The van der Waals surface area contributed by atoms with Crippen LogP contribution in [-0.4, -0.2) is 54.9 Å². The van der Waals surface area contributed by atoms with Gasteiger partial charge in [0, 0.05) is 26.2 Å². The van der Waals surface area contributed by atoms with Crippen molar-refractivity contribution in [1.29, 1.82) is 0 Å². The third kappa shape index (κ3) is 4.23. The number of rotatable bonds is 6. The van der Waals surface area contributed by atoms with Crippen molar-refractivity contribution in [3.8, 4) is 0 Å². The predicted molar refractivity (Wildman–Crippen MR) is 110 cm³/mol. The zero-order valence-corrected chi connectivity index (χ0v) is 18.3. The van der Waals surface area contributed by atoms with Crippen LogP contribution in [0.3, 0.4) is 0 Å². The highest BCUT2D eigenvalue weighted by atomic mass is 32.2. The van der Waals surface area contributed by atoms with Gasteiger partial charge in [0.15, 0.2) is 0 Å². The number of amides is 1. The number of carbonyl (C=O) groups excluding carboxylic acids is 1. The first-order chi connectivity index (χ1) is 13.8. The highest BCUT2D eigenvalue weighted by Crippen LogP contribution is 2.24. The number of piperazine rings is 1. The van der Waals surface area contributed by atoms with Gasteiger partial charge in [-0.15, -0.1) is 0 Å². The molecule has 1 unspecified atom stereocenters. The summed E-state index contributed by atoms with van der Waals surface area (Å²) >= 11 is 0. The van der Waals surface area contributed by atoms with Crippen LogP contribution < -0.4 is 0 Å². The first-order valence-electron chi connectivity index (χ1n) is 10.1. The molecule has 29 heavy (non-hydrogen) atoms. The van der Waals surface area contributed by atoms with Crippen molar-refractivity contribution >= 4 is 15.9 Å². The lowest BCUT2D eigenvalue weighted by Crippen LogP contribution is -2.50. The van der Waals surface area contributed by atoms with Crippen molar-refractivity contribution in [2.75, 3.05) is 26.2 Å². The number of carbonyl (C=O) groups is 1. The van der Waals surface area contributed by atoms with Crippen LogP contribution in [0.25, 0.3) is 0 Å². The van der Waals surface area contributed by atoms with E-state index >= 15 is 0 Å². The third-order valence-electron chi connectivity index (χ3n) is 5.71. The van der Waals surface area contributed by atoms with Gasteiger partial charge in [0.2, 0.25) is 10.0 Å². The summed E-state index contributed by atoms with van der Waals surface area (Å²) in [7, 11) is -3.57. The van der Waals surface area contributed by atoms with Crippen LogP contribution in [-0.2, 0) is 16.4 Å². The SMILES string of the molecule is CCc1noc(C)c1C(=O)N1CCN(S(=O)(=O)c2ccc(C(C)CC)cc2)CC1. The highest BCUT2D eigenvalue weighted by Gasteiger charge is 2.32. The topological polar surface area (TPSA) is 83.7 Å². The van der Waals surface area contributed by atoms with Gasteiger partial charge in [-0.1, -0.05) is 38.1 Å². The van der Waals surface area contributed by atoms with Crippen LogP contribution in [0.4, 0.5) is 0 Å². The molecule has 3 rings (SSSR count). The lowest BCUT2D eigenvalue weighted by molar-refractivity contribution is 0.0695. The van der Waals surface area contributed by atoms with Crippen molar-refractivity contribution in [3.05, 3.63) is 46.8 Å². The molecule has 2 aromatic rings. The first kappa shape index (κ1) is 21.5. The van der Waals surface area contributed by atoms with Crippen molar-refractivity contribution in [1.82, 2.24) is 14.4 Å². The Balaban J connectivity index is 1.69. The van der Waals surface area contributed by atoms with Crippen molar-refractivity contribution in [2.24, 2.45) is 0 Å². The van der Waals surface area contributed by atoms with E-state index in [2.05, 4.69) is 19.0 Å². The molecule has 0 N–H and O–H groups in total. The highest BCUT2D eigenvalue weighted by molar-refractivity contribution is 7.89. The first-order valence-corrected chi connectivity index (χ1v) is 11.6. The Labute approximate surface area is 172 Å². The quantitative estimate of drug-likeness (QED) is 0.718. The second-order valence-corrected chi connectivity index (χ2v) is 9.43. The number of aryl methyl sites for hydroxylation is 2. The zero-order chi connectivity index (χ0) is 21.2. The molecule has 1 aromatic heterocycles. The summed E-state index contributed by atoms with van der Waals surface area (Å²) in [5.74, 6) is 0.758. The van der Waals surface area contributed by atoms with E-state index in [1.165, 1.54) is 4.31 Å². The van der Waals surface area contributed by atoms with Crippen LogP contribution >= 0.6 is 0 Å². The molecule has 8 heteroatoms. The van der Waals surface area contributed by atoms with Crippen LogP contribution in [0.5, 0.6) is 0 Å². The summed E-state index contributed by atoms with van der Waals surface area (Å²) in [5, 5.41) is 3.94. The number of benzene rings is 1. The molecule has 2 heterocycles. The number of hydrogen-bond acceptors (Lipinski definition) is 5. The summed E-state index contributed by atoms with van der Waals surface area (Å²) in [4.78, 5) is 14.9. The fourth-order valence-corrected chi connectivity index (χ4v) is 5.00. The minimum Gasteiger partial charge on any atom is -0.361 e. The summed E-state index contributed by atoms with van der Waals surface area (Å²) in [6.07, 6.45) is 1.62. The third-order valence-corrected chi connectivity index (χ3v) is 7.62. The molecule has 158 valence electrons. The van der Waals surface area contributed by atoms with Crippen molar-refractivity contribution in [3.63, 3.8) is 0 Å². The van der Waals surface area contributed by atoms with Gasteiger partial charge in [-0.3, -0.25) is 4.79 Å². The van der Waals surface area contributed by atoms with E-state index in [0.717, 1.165) is 12.0 Å². The molecule has 1 aliphatic rings. The number of sulfonamides is 1. The molecule has 1 atom stereocenters. The second kappa shape index (κ2) is 8.67. The maximum absolute atomic E-state index is 13.0. The molecular formula is C21H29N3O4S. The molecular weight excluding hydrogens is 390 g/mol. The minimum atomic E-state index is -3.57. The van der Waals surface area contributed by atoms with Gasteiger partial charge in [0.1, 0.15) is 11.3 Å². The van der Waals surface area contributed by atoms with Crippen molar-refractivity contribution < 1.29 is 17.7 Å². The monoisotopic (exact) mass is 419 g/mol. The maximum atomic E-state index is 13.0. The van der Waals surface area contributed by atoms with Crippen LogP contribution in [0.15, 0.2) is 33.7 Å². The van der Waals surface area contributed by atoms with Crippen LogP contribution in [0.2, 0.25) is 0 Å². The molecule has 7 nitrogen and oxygen atoms in total. The van der Waals surface area contributed by atoms with Gasteiger partial charge in [-0.2, -0.15) is 4.31 Å². The van der Waals surface area contributed by atoms with Gasteiger partial charge in [0.25, 0.3) is 5.91 Å². The summed E-state index contributed by atoms with van der Waals surface area (Å²) < 4.78 is 32.6. The Morgan fingerprint density at radius 2 is 1.76 bits per heavy atom. The number of aromatic nitrogens is 1. The molecule has 0 saturated carbocycles. The molecule has 1 fully saturated rings. The Kier molecular flexibility index (Phi) is 6.43. The molecule has 0 bridgehead atoms. The van der Waals surface area contributed by atoms with Crippen LogP contribution in [0.1, 0.15) is 60.5 Å². The second-order valence-electron chi connectivity index (χ2n) is 7.49. The summed E-state index contributed by atoms with van der Waals surface area (Å²) in [5.41, 5.74) is 2.28. The number of nitrogens with zero attached hydrogens (tertiary/aromatic N) is 3. The minimum absolute atomic E-state index is 0.143. The van der Waals surface area contributed by atoms with E-state index in [-0.39, 0.29) is 19.0 Å². The van der Waals surface area contributed by atoms with E-state index in [0.29, 0.717) is 47.3 Å². The molecule has 1 saturated heterocycles. The fraction of sp³-hybridized carbons (Fsp3) is 0.524.